The Labute approximate surface area is 303 Å². The number of carboxylic acid groups (broad SMARTS) is 1. The van der Waals surface area contributed by atoms with Gasteiger partial charge < -0.3 is 44.7 Å². The minimum absolute atomic E-state index is 0.0116. The van der Waals surface area contributed by atoms with Crippen molar-refractivity contribution >= 4 is 35.9 Å². The summed E-state index contributed by atoms with van der Waals surface area (Å²) in [6.07, 6.45) is -7.38. The lowest BCUT2D eigenvalue weighted by Crippen LogP contribution is -2.57. The molecule has 1 aliphatic heterocycles. The minimum Gasteiger partial charge on any atom is -0.480 e. The first kappa shape index (κ1) is 41.9. The lowest BCUT2D eigenvalue weighted by atomic mass is 9.98. The van der Waals surface area contributed by atoms with Crippen LogP contribution in [0.15, 0.2) is 52.2 Å². The van der Waals surface area contributed by atoms with E-state index in [0.29, 0.717) is 6.42 Å². The Morgan fingerprint density at radius 2 is 1.58 bits per heavy atom. The molecule has 5 N–H and O–H groups in total. The second-order valence-corrected chi connectivity index (χ2v) is 12.5. The lowest BCUT2D eigenvalue weighted by molar-refractivity contribution is -0.175. The predicted molar refractivity (Wildman–Crippen MR) is 182 cm³/mol. The molecule has 53 heavy (non-hydrogen) atoms. The molecular formula is C34H45N5O14. The topological polar surface area (TPSA) is 260 Å². The van der Waals surface area contributed by atoms with E-state index in [4.69, 9.17) is 23.7 Å². The Morgan fingerprint density at radius 1 is 0.925 bits per heavy atom. The van der Waals surface area contributed by atoms with Gasteiger partial charge in [-0.15, -0.1) is 0 Å². The van der Waals surface area contributed by atoms with Crippen molar-refractivity contribution < 1.29 is 57.6 Å². The maximum Gasteiger partial charge on any atom is 0.408 e. The number of alkyl carbamates (subject to hydrolysis) is 1. The van der Waals surface area contributed by atoms with Crippen LogP contribution < -0.4 is 27.2 Å². The molecule has 0 saturated carbocycles. The molecule has 1 aromatic heterocycles. The van der Waals surface area contributed by atoms with Crippen molar-refractivity contribution in [3.05, 3.63) is 69.0 Å². The smallest absolute Gasteiger partial charge is 0.408 e. The number of carboxylic acids is 1. The summed E-state index contributed by atoms with van der Waals surface area (Å²) < 4.78 is 28.2. The maximum absolute atomic E-state index is 13.0. The molecule has 7 atom stereocenters. The fourth-order valence-electron chi connectivity index (χ4n) is 5.57. The van der Waals surface area contributed by atoms with Crippen LogP contribution >= 0.6 is 0 Å². The Bertz CT molecular complexity index is 1710. The first-order valence-electron chi connectivity index (χ1n) is 16.8. The van der Waals surface area contributed by atoms with Gasteiger partial charge in [0.2, 0.25) is 5.91 Å². The van der Waals surface area contributed by atoms with Gasteiger partial charge in [0.15, 0.2) is 24.5 Å². The summed E-state index contributed by atoms with van der Waals surface area (Å²) in [5.74, 6) is -4.70. The molecule has 290 valence electrons. The van der Waals surface area contributed by atoms with Crippen LogP contribution in [-0.2, 0) is 54.3 Å². The molecule has 19 nitrogen and oxygen atoms in total. The van der Waals surface area contributed by atoms with Crippen LogP contribution in [0.2, 0.25) is 0 Å². The molecular weight excluding hydrogens is 702 g/mol. The molecule has 1 fully saturated rings. The molecule has 1 aromatic carbocycles. The zero-order valence-corrected chi connectivity index (χ0v) is 29.9. The van der Waals surface area contributed by atoms with E-state index in [1.54, 1.807) is 24.3 Å². The number of esters is 3. The average Bonchev–Trinajstić information content (AvgIpc) is 3.39. The van der Waals surface area contributed by atoms with Crippen molar-refractivity contribution in [1.29, 1.82) is 0 Å². The number of amides is 2. The normalized spacial score (nSPS) is 19.7. The molecule has 2 unspecified atom stereocenters. The number of aliphatic carboxylic acids is 1. The molecule has 1 aliphatic rings. The predicted octanol–water partition coefficient (Wildman–Crippen LogP) is 0.119. The fourth-order valence-corrected chi connectivity index (χ4v) is 5.57. The monoisotopic (exact) mass is 747 g/mol. The van der Waals surface area contributed by atoms with Crippen molar-refractivity contribution in [1.82, 2.24) is 25.5 Å². The maximum atomic E-state index is 13.0. The number of nitrogens with zero attached hydrogens (tertiary/aromatic N) is 1. The summed E-state index contributed by atoms with van der Waals surface area (Å²) in [6, 6.07) is 7.33. The number of rotatable bonds is 18. The molecule has 0 aliphatic carbocycles. The summed E-state index contributed by atoms with van der Waals surface area (Å²) in [5, 5.41) is 18.3. The largest absolute Gasteiger partial charge is 0.480 e. The van der Waals surface area contributed by atoms with Gasteiger partial charge in [0.1, 0.15) is 24.8 Å². The number of hydrogen-bond donors (Lipinski definition) is 5. The SMILES string of the molecule is CC(=O)OC(C(NCCCNC(=O)[C@H](CC(C)C)NC(=O)OCc1ccccc1)C(=O)O)[C@H]1O[C@@H](n2ccc(=O)[nH]c2=O)[C@H](OC(C)=O)[C@@H]1OC(C)=O. The number of hydrogen-bond acceptors (Lipinski definition) is 14. The first-order valence-corrected chi connectivity index (χ1v) is 16.8. The van der Waals surface area contributed by atoms with E-state index in [0.717, 1.165) is 43.2 Å². The van der Waals surface area contributed by atoms with Crippen LogP contribution in [0.3, 0.4) is 0 Å². The van der Waals surface area contributed by atoms with E-state index < -0.39 is 89.9 Å². The number of carbonyl (C=O) groups excluding carboxylic acids is 5. The number of carbonyl (C=O) groups is 6. The third-order valence-corrected chi connectivity index (χ3v) is 7.72. The summed E-state index contributed by atoms with van der Waals surface area (Å²) in [6.45, 7) is 6.79. The first-order chi connectivity index (χ1) is 25.1. The van der Waals surface area contributed by atoms with E-state index in [1.807, 2.05) is 24.9 Å². The number of ether oxygens (including phenoxy) is 5. The number of benzene rings is 1. The summed E-state index contributed by atoms with van der Waals surface area (Å²) in [7, 11) is 0. The van der Waals surface area contributed by atoms with Crippen molar-refractivity contribution in [2.45, 2.75) is 96.8 Å². The van der Waals surface area contributed by atoms with Crippen molar-refractivity contribution in [3.8, 4) is 0 Å². The zero-order valence-electron chi connectivity index (χ0n) is 29.9. The molecule has 2 aromatic rings. The second kappa shape index (κ2) is 19.9. The van der Waals surface area contributed by atoms with Crippen molar-refractivity contribution in [3.63, 3.8) is 0 Å². The fraction of sp³-hybridized carbons (Fsp3) is 0.529. The molecule has 3 rings (SSSR count). The van der Waals surface area contributed by atoms with Gasteiger partial charge in [-0.3, -0.25) is 38.3 Å². The van der Waals surface area contributed by atoms with E-state index in [2.05, 4.69) is 16.0 Å². The third kappa shape index (κ3) is 12.9. The van der Waals surface area contributed by atoms with Crippen LogP contribution in [0.4, 0.5) is 4.79 Å². The summed E-state index contributed by atoms with van der Waals surface area (Å²) in [4.78, 5) is 101. The van der Waals surface area contributed by atoms with Gasteiger partial charge in [0.05, 0.1) is 0 Å². The highest BCUT2D eigenvalue weighted by Crippen LogP contribution is 2.36. The van der Waals surface area contributed by atoms with Crippen LogP contribution in [0, 0.1) is 5.92 Å². The zero-order chi connectivity index (χ0) is 39.2. The van der Waals surface area contributed by atoms with Crippen LogP contribution in [0.1, 0.15) is 59.3 Å². The van der Waals surface area contributed by atoms with E-state index >= 15 is 0 Å². The highest BCUT2D eigenvalue weighted by atomic mass is 16.7. The van der Waals surface area contributed by atoms with Crippen LogP contribution in [0.25, 0.3) is 0 Å². The summed E-state index contributed by atoms with van der Waals surface area (Å²) >= 11 is 0. The Kier molecular flexibility index (Phi) is 15.7. The van der Waals surface area contributed by atoms with Gasteiger partial charge in [0, 0.05) is 39.6 Å². The van der Waals surface area contributed by atoms with Gasteiger partial charge in [-0.1, -0.05) is 44.2 Å². The Morgan fingerprint density at radius 3 is 2.17 bits per heavy atom. The molecule has 19 heteroatoms. The number of aromatic amines is 1. The van der Waals surface area contributed by atoms with E-state index in [1.165, 1.54) is 0 Å². The molecule has 1 saturated heterocycles. The van der Waals surface area contributed by atoms with Gasteiger partial charge >= 0.3 is 35.7 Å². The highest BCUT2D eigenvalue weighted by molar-refractivity contribution is 5.85. The average molecular weight is 748 g/mol. The van der Waals surface area contributed by atoms with E-state index in [9.17, 15) is 43.5 Å². The molecule has 0 spiro atoms. The lowest BCUT2D eigenvalue weighted by Gasteiger charge is -2.31. The third-order valence-electron chi connectivity index (χ3n) is 7.72. The van der Waals surface area contributed by atoms with E-state index in [-0.39, 0.29) is 32.0 Å². The number of H-pyrrole nitrogens is 1. The standard InChI is InChI=1S/C34H45N5O14/c1-18(2)16-23(37-34(48)49-17-22-10-7-6-8-11-22)30(44)36-14-9-13-35-25(32(45)46)26(50-19(3)40)27-28(51-20(4)41)29(52-21(5)42)31(53-27)39-15-12-24(43)38-33(39)47/h6-8,10-12,15,18,23,25-29,31,35H,9,13-14,16-17H2,1-5H3,(H,36,44)(H,37,48)(H,45,46)(H,38,43,47)/t23-,25?,26?,27+,28+,29+,31+/m0/s1. The van der Waals surface area contributed by atoms with Crippen molar-refractivity contribution in [2.75, 3.05) is 13.1 Å². The Balaban J connectivity index is 1.74. The quantitative estimate of drug-likeness (QED) is 0.0771. The molecule has 2 amide bonds. The van der Waals surface area contributed by atoms with Crippen molar-refractivity contribution in [2.24, 2.45) is 5.92 Å². The molecule has 2 heterocycles. The highest BCUT2D eigenvalue weighted by Gasteiger charge is 2.56. The second-order valence-electron chi connectivity index (χ2n) is 12.5. The van der Waals surface area contributed by atoms with Crippen LogP contribution in [0.5, 0.6) is 0 Å². The van der Waals surface area contributed by atoms with Crippen LogP contribution in [-0.4, -0.2) is 100 Å². The number of nitrogens with one attached hydrogen (secondary N) is 4. The van der Waals surface area contributed by atoms with Gasteiger partial charge in [-0.2, -0.15) is 0 Å². The minimum atomic E-state index is -1.74. The van der Waals surface area contributed by atoms with Gasteiger partial charge in [-0.25, -0.2) is 9.59 Å². The molecule has 0 radical (unpaired) electrons. The summed E-state index contributed by atoms with van der Waals surface area (Å²) in [5.41, 5.74) is -0.973. The number of aromatic nitrogens is 2. The molecule has 0 bridgehead atoms. The van der Waals surface area contributed by atoms with Gasteiger partial charge in [-0.05, 0) is 30.9 Å². The van der Waals surface area contributed by atoms with Gasteiger partial charge in [0.25, 0.3) is 5.56 Å². The Hall–Kier alpha value is -5.56.